The van der Waals surface area contributed by atoms with Crippen LogP contribution in [0.5, 0.6) is 17.2 Å². The van der Waals surface area contributed by atoms with Crippen molar-refractivity contribution in [2.75, 3.05) is 33.4 Å². The molecule has 0 saturated carbocycles. The Morgan fingerprint density at radius 3 is 2.64 bits per heavy atom. The molecule has 0 aliphatic carbocycles. The van der Waals surface area contributed by atoms with Crippen molar-refractivity contribution in [3.63, 3.8) is 0 Å². The Bertz CT molecular complexity index is 1430. The van der Waals surface area contributed by atoms with Crippen LogP contribution >= 0.6 is 11.6 Å². The van der Waals surface area contributed by atoms with Crippen LogP contribution < -0.4 is 9.47 Å². The van der Waals surface area contributed by atoms with Gasteiger partial charge in [-0.25, -0.2) is 9.37 Å². The number of nitrogens with zero attached hydrogens (tertiary/aromatic N) is 3. The van der Waals surface area contributed by atoms with Crippen molar-refractivity contribution in [2.45, 2.75) is 33.0 Å². The summed E-state index contributed by atoms with van der Waals surface area (Å²) in [6.45, 7) is 8.62. The van der Waals surface area contributed by atoms with Gasteiger partial charge in [0.2, 0.25) is 0 Å². The predicted octanol–water partition coefficient (Wildman–Crippen LogP) is 5.08. The van der Waals surface area contributed by atoms with Crippen molar-refractivity contribution in [1.29, 1.82) is 0 Å². The highest BCUT2D eigenvalue weighted by Gasteiger charge is 2.25. The maximum Gasteiger partial charge on any atom is 0.182 e. The first-order chi connectivity index (χ1) is 17.3. The van der Waals surface area contributed by atoms with E-state index in [1.165, 1.54) is 19.2 Å². The molecule has 1 aliphatic rings. The number of benzene rings is 2. The molecule has 190 valence electrons. The number of phenolic OH excluding ortho intramolecular Hbond substituents is 1. The Labute approximate surface area is 212 Å². The molecule has 8 nitrogen and oxygen atoms in total. The highest BCUT2D eigenvalue weighted by atomic mass is 35.5. The van der Waals surface area contributed by atoms with E-state index in [1.54, 1.807) is 12.1 Å². The molecule has 0 bridgehead atoms. The molecule has 0 spiro atoms. The number of hydrogen-bond donors (Lipinski definition) is 2. The fraction of sp³-hybridized carbons (Fsp3) is 0.385. The molecule has 0 amide bonds. The Balaban J connectivity index is 1.60. The lowest BCUT2D eigenvalue weighted by molar-refractivity contribution is -0.0699. The SMILES string of the molecule is COc1c(OCCN2CC(C)OC(C)C2)cc(F)c2c(-c3ccc(O)c(Cl)c3)nc3n[nH]c(C)c3c12. The smallest absolute Gasteiger partial charge is 0.182 e. The normalized spacial score (nSPS) is 18.7. The second-order valence-electron chi connectivity index (χ2n) is 9.18. The molecule has 1 aliphatic heterocycles. The second-order valence-corrected chi connectivity index (χ2v) is 9.59. The molecule has 2 atom stereocenters. The number of morpholine rings is 1. The lowest BCUT2D eigenvalue weighted by atomic mass is 9.99. The highest BCUT2D eigenvalue weighted by molar-refractivity contribution is 6.32. The summed E-state index contributed by atoms with van der Waals surface area (Å²) in [6.07, 6.45) is 0.302. The molecule has 36 heavy (non-hydrogen) atoms. The summed E-state index contributed by atoms with van der Waals surface area (Å²) in [5.74, 6) is 0.126. The molecule has 1 fully saturated rings. The number of aryl methyl sites for hydroxylation is 1. The summed E-state index contributed by atoms with van der Waals surface area (Å²) in [7, 11) is 1.53. The number of halogens is 2. The molecular weight excluding hydrogens is 487 g/mol. The Hall–Kier alpha value is -3.14. The summed E-state index contributed by atoms with van der Waals surface area (Å²) in [5, 5.41) is 18.7. The summed E-state index contributed by atoms with van der Waals surface area (Å²) in [5.41, 5.74) is 2.01. The number of nitrogens with one attached hydrogen (secondary N) is 1. The average Bonchev–Trinajstić information content (AvgIpc) is 3.20. The largest absolute Gasteiger partial charge is 0.506 e. The number of rotatable bonds is 6. The van der Waals surface area contributed by atoms with Crippen molar-refractivity contribution >= 4 is 33.4 Å². The van der Waals surface area contributed by atoms with Crippen LogP contribution in [0.15, 0.2) is 24.3 Å². The molecular formula is C26H28ClFN4O4. The maximum atomic E-state index is 15.8. The van der Waals surface area contributed by atoms with E-state index < -0.39 is 5.82 Å². The maximum absolute atomic E-state index is 15.8. The summed E-state index contributed by atoms with van der Waals surface area (Å²) in [6, 6.07) is 5.96. The zero-order valence-corrected chi connectivity index (χ0v) is 21.3. The molecule has 2 aromatic heterocycles. The Morgan fingerprint density at radius 2 is 1.94 bits per heavy atom. The number of methoxy groups -OCH3 is 1. The van der Waals surface area contributed by atoms with Crippen LogP contribution in [-0.2, 0) is 4.74 Å². The number of aromatic nitrogens is 3. The number of pyridine rings is 1. The van der Waals surface area contributed by atoms with E-state index in [0.717, 1.165) is 18.8 Å². The Kier molecular flexibility index (Phi) is 6.63. The second kappa shape index (κ2) is 9.72. The topological polar surface area (TPSA) is 92.7 Å². The van der Waals surface area contributed by atoms with Gasteiger partial charge in [-0.2, -0.15) is 5.10 Å². The first-order valence-corrected chi connectivity index (χ1v) is 12.2. The molecule has 0 radical (unpaired) electrons. The minimum atomic E-state index is -0.511. The van der Waals surface area contributed by atoms with Gasteiger partial charge in [-0.3, -0.25) is 10.00 Å². The van der Waals surface area contributed by atoms with Gasteiger partial charge in [0.05, 0.1) is 35.4 Å². The van der Waals surface area contributed by atoms with Gasteiger partial charge in [0.25, 0.3) is 0 Å². The quantitative estimate of drug-likeness (QED) is 0.370. The van der Waals surface area contributed by atoms with E-state index in [0.29, 0.717) is 52.3 Å². The minimum Gasteiger partial charge on any atom is -0.506 e. The van der Waals surface area contributed by atoms with Crippen molar-refractivity contribution in [1.82, 2.24) is 20.1 Å². The van der Waals surface area contributed by atoms with Gasteiger partial charge in [0, 0.05) is 47.7 Å². The zero-order chi connectivity index (χ0) is 25.6. The standard InChI is InChI=1S/C26H28ClFN4O4/c1-13-11-32(12-14(2)36-13)7-8-35-20-10-18(28)22-23(25(20)34-4)21-15(3)30-31-26(21)29-24(22)16-5-6-19(33)17(27)9-16/h5-6,9-10,13-14,33H,7-8,11-12H2,1-4H3,(H,29,30,31). The molecule has 2 aromatic carbocycles. The summed E-state index contributed by atoms with van der Waals surface area (Å²) < 4.78 is 33.5. The van der Waals surface area contributed by atoms with Crippen molar-refractivity contribution in [3.05, 3.63) is 40.8 Å². The summed E-state index contributed by atoms with van der Waals surface area (Å²) >= 11 is 6.15. The van der Waals surface area contributed by atoms with Crippen LogP contribution in [-0.4, -0.2) is 70.7 Å². The van der Waals surface area contributed by atoms with Crippen LogP contribution in [0.1, 0.15) is 19.5 Å². The fourth-order valence-corrected chi connectivity index (χ4v) is 5.14. The van der Waals surface area contributed by atoms with Crippen LogP contribution in [0.2, 0.25) is 5.02 Å². The van der Waals surface area contributed by atoms with Gasteiger partial charge in [0.1, 0.15) is 18.2 Å². The third-order valence-electron chi connectivity index (χ3n) is 6.42. The van der Waals surface area contributed by atoms with Gasteiger partial charge in [0.15, 0.2) is 17.1 Å². The molecule has 3 heterocycles. The van der Waals surface area contributed by atoms with Crippen LogP contribution in [0.3, 0.4) is 0 Å². The van der Waals surface area contributed by atoms with Crippen molar-refractivity contribution < 1.29 is 23.7 Å². The van der Waals surface area contributed by atoms with Crippen LogP contribution in [0.25, 0.3) is 33.1 Å². The number of aromatic amines is 1. The van der Waals surface area contributed by atoms with E-state index in [-0.39, 0.29) is 28.4 Å². The van der Waals surface area contributed by atoms with Gasteiger partial charge < -0.3 is 19.3 Å². The molecule has 2 N–H and O–H groups in total. The molecule has 5 rings (SSSR count). The van der Waals surface area contributed by atoms with Crippen LogP contribution in [0.4, 0.5) is 4.39 Å². The third-order valence-corrected chi connectivity index (χ3v) is 6.72. The van der Waals surface area contributed by atoms with Crippen molar-refractivity contribution in [2.24, 2.45) is 0 Å². The number of aromatic hydroxyl groups is 1. The molecule has 2 unspecified atom stereocenters. The number of ether oxygens (including phenoxy) is 3. The zero-order valence-electron chi connectivity index (χ0n) is 20.6. The van der Waals surface area contributed by atoms with Crippen LogP contribution in [0, 0.1) is 12.7 Å². The van der Waals surface area contributed by atoms with Gasteiger partial charge >= 0.3 is 0 Å². The van der Waals surface area contributed by atoms with Gasteiger partial charge in [-0.05, 0) is 39.0 Å². The van der Waals surface area contributed by atoms with Gasteiger partial charge in [-0.15, -0.1) is 0 Å². The molecule has 4 aromatic rings. The average molecular weight is 515 g/mol. The predicted molar refractivity (Wildman–Crippen MR) is 137 cm³/mol. The van der Waals surface area contributed by atoms with E-state index in [1.807, 2.05) is 6.92 Å². The van der Waals surface area contributed by atoms with E-state index in [9.17, 15) is 5.11 Å². The number of fused-ring (bicyclic) bond motifs is 3. The van der Waals surface area contributed by atoms with Gasteiger partial charge in [-0.1, -0.05) is 11.6 Å². The fourth-order valence-electron chi connectivity index (χ4n) is 4.96. The Morgan fingerprint density at radius 1 is 1.19 bits per heavy atom. The number of hydrogen-bond acceptors (Lipinski definition) is 7. The van der Waals surface area contributed by atoms with Crippen molar-refractivity contribution in [3.8, 4) is 28.5 Å². The summed E-state index contributed by atoms with van der Waals surface area (Å²) in [4.78, 5) is 6.91. The molecule has 1 saturated heterocycles. The number of phenols is 1. The van der Waals surface area contributed by atoms with E-state index in [4.69, 9.17) is 25.8 Å². The van der Waals surface area contributed by atoms with E-state index in [2.05, 4.69) is 33.9 Å². The highest BCUT2D eigenvalue weighted by Crippen LogP contribution is 2.45. The lowest BCUT2D eigenvalue weighted by Gasteiger charge is -2.35. The molecule has 10 heteroatoms. The monoisotopic (exact) mass is 514 g/mol. The lowest BCUT2D eigenvalue weighted by Crippen LogP contribution is -2.46. The number of H-pyrrole nitrogens is 1. The van der Waals surface area contributed by atoms with E-state index >= 15 is 4.39 Å². The third kappa shape index (κ3) is 4.42. The first kappa shape index (κ1) is 24.5. The minimum absolute atomic E-state index is 0.0702. The first-order valence-electron chi connectivity index (χ1n) is 11.8.